The van der Waals surface area contributed by atoms with Gasteiger partial charge in [0.25, 0.3) is 5.91 Å². The monoisotopic (exact) mass is 600 g/mol. The van der Waals surface area contributed by atoms with E-state index in [0.29, 0.717) is 61.7 Å². The molecule has 2 aliphatic heterocycles. The van der Waals surface area contributed by atoms with E-state index in [4.69, 9.17) is 0 Å². The van der Waals surface area contributed by atoms with E-state index in [-0.39, 0.29) is 29.9 Å². The maximum atomic E-state index is 15.8. The Morgan fingerprint density at radius 2 is 1.79 bits per heavy atom. The number of likely N-dealkylation sites (N-methyl/N-ethyl adjacent to an activating group) is 1. The highest BCUT2D eigenvalue weighted by atomic mass is 19.4. The zero-order chi connectivity index (χ0) is 30.9. The van der Waals surface area contributed by atoms with Crippen LogP contribution in [0.3, 0.4) is 0 Å². The molecule has 2 aliphatic rings. The zero-order valence-electron chi connectivity index (χ0n) is 23.5. The number of rotatable bonds is 6. The number of benzene rings is 2. The summed E-state index contributed by atoms with van der Waals surface area (Å²) in [7, 11) is 1.96. The number of alkyl halides is 3. The van der Waals surface area contributed by atoms with Crippen LogP contribution < -0.4 is 15.1 Å². The van der Waals surface area contributed by atoms with Gasteiger partial charge in [-0.2, -0.15) is 13.2 Å². The molecule has 0 aliphatic carbocycles. The fourth-order valence-corrected chi connectivity index (χ4v) is 5.24. The Hall–Kier alpha value is -4.39. The Bertz CT molecular complexity index is 1560. The molecule has 0 saturated carbocycles. The van der Waals surface area contributed by atoms with Gasteiger partial charge in [-0.05, 0) is 56.3 Å². The molecule has 1 N–H and O–H groups in total. The number of piperazine rings is 1. The predicted octanol–water partition coefficient (Wildman–Crippen LogP) is 5.27. The average molecular weight is 601 g/mol. The summed E-state index contributed by atoms with van der Waals surface area (Å²) in [6.07, 6.45) is 0.802. The molecule has 0 spiro atoms. The highest BCUT2D eigenvalue weighted by Gasteiger charge is 2.36. The van der Waals surface area contributed by atoms with Gasteiger partial charge < -0.3 is 20.0 Å². The van der Waals surface area contributed by atoms with Gasteiger partial charge in [0.05, 0.1) is 28.1 Å². The van der Waals surface area contributed by atoms with Gasteiger partial charge in [0.2, 0.25) is 5.95 Å². The number of anilines is 3. The summed E-state index contributed by atoms with van der Waals surface area (Å²) in [5, 5.41) is 2.56. The molecule has 0 bridgehead atoms. The van der Waals surface area contributed by atoms with E-state index in [9.17, 15) is 27.2 Å². The second-order valence-electron chi connectivity index (χ2n) is 10.6. The number of aromatic nitrogens is 2. The lowest BCUT2D eigenvalue weighted by molar-refractivity contribution is -0.138. The lowest BCUT2D eigenvalue weighted by Gasteiger charge is -2.40. The maximum Gasteiger partial charge on any atom is 0.417 e. The van der Waals surface area contributed by atoms with Crippen LogP contribution in [0.2, 0.25) is 0 Å². The molecule has 1 saturated heterocycles. The number of nitrogens with one attached hydrogen (secondary N) is 1. The fourth-order valence-electron chi connectivity index (χ4n) is 5.24. The van der Waals surface area contributed by atoms with Crippen LogP contribution >= 0.6 is 0 Å². The summed E-state index contributed by atoms with van der Waals surface area (Å²) < 4.78 is 70.7. The third kappa shape index (κ3) is 6.51. The van der Waals surface area contributed by atoms with Crippen molar-refractivity contribution in [1.29, 1.82) is 0 Å². The van der Waals surface area contributed by atoms with Crippen LogP contribution in [0.1, 0.15) is 45.2 Å². The van der Waals surface area contributed by atoms with Crippen molar-refractivity contribution in [3.05, 3.63) is 82.7 Å². The highest BCUT2D eigenvalue weighted by molar-refractivity contribution is 6.07. The van der Waals surface area contributed by atoms with Crippen molar-refractivity contribution in [1.82, 2.24) is 14.9 Å². The Morgan fingerprint density at radius 3 is 2.47 bits per heavy atom. The first-order valence-electron chi connectivity index (χ1n) is 13.6. The molecule has 1 atom stereocenters. The molecular formula is C30H29F5N6O2. The number of amides is 1. The highest BCUT2D eigenvalue weighted by Crippen LogP contribution is 2.37. The third-order valence-electron chi connectivity index (χ3n) is 7.74. The maximum absolute atomic E-state index is 15.8. The molecule has 226 valence electrons. The van der Waals surface area contributed by atoms with Crippen LogP contribution in [-0.4, -0.2) is 72.9 Å². The van der Waals surface area contributed by atoms with Gasteiger partial charge >= 0.3 is 6.18 Å². The van der Waals surface area contributed by atoms with E-state index >= 15 is 4.39 Å². The molecular weight excluding hydrogens is 571 g/mol. The lowest BCUT2D eigenvalue weighted by atomic mass is 9.98. The number of aldehydes is 1. The number of carbonyl (C=O) groups excluding carboxylic acids is 2. The van der Waals surface area contributed by atoms with Gasteiger partial charge in [-0.15, -0.1) is 0 Å². The minimum atomic E-state index is -4.97. The fraction of sp³-hybridized carbons (Fsp3) is 0.333. The SMILES string of the molecule is C[C@H]1CN(c2cc(F)c(C3=CCCN(c4ncc(C=O)cn4)C3)cc2NC(=O)c2ccc(F)cc2C(F)(F)F)CCN1C. The topological polar surface area (TPSA) is 81.7 Å². The Morgan fingerprint density at radius 1 is 1.05 bits per heavy atom. The quantitative estimate of drug-likeness (QED) is 0.305. The summed E-state index contributed by atoms with van der Waals surface area (Å²) in [4.78, 5) is 38.5. The molecule has 3 aromatic rings. The number of nitrogens with zero attached hydrogens (tertiary/aromatic N) is 5. The van der Waals surface area contributed by atoms with Gasteiger partial charge in [-0.1, -0.05) is 6.08 Å². The molecule has 1 aromatic heterocycles. The number of hydrogen-bond donors (Lipinski definition) is 1. The van der Waals surface area contributed by atoms with Crippen molar-refractivity contribution in [2.45, 2.75) is 25.6 Å². The predicted molar refractivity (Wildman–Crippen MR) is 152 cm³/mol. The lowest BCUT2D eigenvalue weighted by Crippen LogP contribution is -2.50. The molecule has 5 rings (SSSR count). The van der Waals surface area contributed by atoms with Crippen molar-refractivity contribution in [3.8, 4) is 0 Å². The van der Waals surface area contributed by atoms with Crippen molar-refractivity contribution in [2.75, 3.05) is 54.9 Å². The summed E-state index contributed by atoms with van der Waals surface area (Å²) in [6, 6.07) is 4.65. The Kier molecular flexibility index (Phi) is 8.45. The zero-order valence-corrected chi connectivity index (χ0v) is 23.5. The van der Waals surface area contributed by atoms with Crippen molar-refractivity contribution in [2.24, 2.45) is 0 Å². The standard InChI is InChI=1S/C30H29F5N6O2/c1-18-15-40(9-8-39(18)2)27-12-25(32)23(20-4-3-7-41(16-20)29-36-13-19(17-42)14-37-29)11-26(27)38-28(43)22-6-5-21(31)10-24(22)30(33,34)35/h4-6,10-14,17-18H,3,7-9,15-16H2,1-2H3,(H,38,43)/t18-/m0/s1. The smallest absolute Gasteiger partial charge is 0.367 e. The molecule has 13 heteroatoms. The first kappa shape index (κ1) is 30.1. The van der Waals surface area contributed by atoms with Gasteiger partial charge in [0, 0.05) is 56.7 Å². The number of halogens is 5. The third-order valence-corrected chi connectivity index (χ3v) is 7.74. The second kappa shape index (κ2) is 12.1. The number of hydrogen-bond acceptors (Lipinski definition) is 7. The molecule has 1 amide bonds. The number of carbonyl (C=O) groups is 2. The van der Waals surface area contributed by atoms with E-state index in [1.807, 2.05) is 29.8 Å². The van der Waals surface area contributed by atoms with Crippen molar-refractivity contribution in [3.63, 3.8) is 0 Å². The van der Waals surface area contributed by atoms with E-state index in [1.54, 1.807) is 0 Å². The van der Waals surface area contributed by atoms with Crippen LogP contribution in [-0.2, 0) is 6.18 Å². The van der Waals surface area contributed by atoms with E-state index in [1.165, 1.54) is 24.5 Å². The molecule has 0 unspecified atom stereocenters. The van der Waals surface area contributed by atoms with Crippen molar-refractivity contribution >= 4 is 35.1 Å². The van der Waals surface area contributed by atoms with E-state index in [0.717, 1.165) is 12.1 Å². The van der Waals surface area contributed by atoms with Crippen LogP contribution in [0.15, 0.2) is 48.8 Å². The summed E-state index contributed by atoms with van der Waals surface area (Å²) in [6.45, 7) is 4.39. The summed E-state index contributed by atoms with van der Waals surface area (Å²) >= 11 is 0. The van der Waals surface area contributed by atoms with Crippen LogP contribution in [0, 0.1) is 11.6 Å². The molecule has 2 aromatic carbocycles. The molecule has 43 heavy (non-hydrogen) atoms. The first-order chi connectivity index (χ1) is 20.4. The molecule has 8 nitrogen and oxygen atoms in total. The van der Waals surface area contributed by atoms with Crippen molar-refractivity contribution < 1.29 is 31.5 Å². The first-order valence-corrected chi connectivity index (χ1v) is 13.6. The minimum absolute atomic E-state index is 0.0918. The summed E-state index contributed by atoms with van der Waals surface area (Å²) in [5.74, 6) is -2.44. The van der Waals surface area contributed by atoms with Gasteiger partial charge in [0.1, 0.15) is 11.6 Å². The second-order valence-corrected chi connectivity index (χ2v) is 10.6. The van der Waals surface area contributed by atoms with Gasteiger partial charge in [0.15, 0.2) is 6.29 Å². The van der Waals surface area contributed by atoms with Gasteiger partial charge in [-0.25, -0.2) is 18.7 Å². The largest absolute Gasteiger partial charge is 0.417 e. The van der Waals surface area contributed by atoms with Crippen LogP contribution in [0.4, 0.5) is 39.3 Å². The molecule has 1 fully saturated rings. The molecule has 0 radical (unpaired) electrons. The average Bonchev–Trinajstić information content (AvgIpc) is 2.99. The van der Waals surface area contributed by atoms with Crippen LogP contribution in [0.5, 0.6) is 0 Å². The van der Waals surface area contributed by atoms with Gasteiger partial charge in [-0.3, -0.25) is 9.59 Å². The Labute approximate surface area is 244 Å². The van der Waals surface area contributed by atoms with Crippen LogP contribution in [0.25, 0.3) is 5.57 Å². The molecule has 3 heterocycles. The van der Waals surface area contributed by atoms with E-state index < -0.39 is 34.8 Å². The van der Waals surface area contributed by atoms with E-state index in [2.05, 4.69) is 20.2 Å². The normalized spacial score (nSPS) is 17.9. The summed E-state index contributed by atoms with van der Waals surface area (Å²) in [5.41, 5.74) is -0.674. The Balaban J connectivity index is 1.52. The minimum Gasteiger partial charge on any atom is -0.367 e.